The summed E-state index contributed by atoms with van der Waals surface area (Å²) < 4.78 is 9.85. The molecule has 0 aromatic heterocycles. The molecule has 1 rings (SSSR count). The fraction of sp³-hybridized carbons (Fsp3) is 0.167. The second-order valence-corrected chi connectivity index (χ2v) is 3.02. The van der Waals surface area contributed by atoms with Crippen molar-refractivity contribution in [1.29, 1.82) is 0 Å². The molecule has 88 valence electrons. The molecule has 0 aliphatic heterocycles. The molecule has 5 nitrogen and oxygen atoms in total. The molecule has 0 atom stereocenters. The lowest BCUT2D eigenvalue weighted by molar-refractivity contribution is -0.137. The minimum Gasteiger partial charge on any atom is -0.496 e. The van der Waals surface area contributed by atoms with E-state index in [0.717, 1.165) is 11.3 Å². The van der Waals surface area contributed by atoms with Gasteiger partial charge < -0.3 is 15.0 Å². The highest BCUT2D eigenvalue weighted by Crippen LogP contribution is 2.18. The van der Waals surface area contributed by atoms with Gasteiger partial charge in [-0.15, -0.1) is 0 Å². The number of methoxy groups -OCH3 is 1. The van der Waals surface area contributed by atoms with Crippen molar-refractivity contribution in [2.45, 2.75) is 0 Å². The molecule has 0 spiro atoms. The number of carbonyl (C=O) groups excluding carboxylic acids is 1. The monoisotopic (exact) mass is 232 g/mol. The quantitative estimate of drug-likeness (QED) is 0.334. The summed E-state index contributed by atoms with van der Waals surface area (Å²) in [7, 11) is 1.59. The normalized spacial score (nSPS) is 9.71. The maximum absolute atomic E-state index is 10.8. The third-order valence-electron chi connectivity index (χ3n) is 1.92. The van der Waals surface area contributed by atoms with Gasteiger partial charge in [-0.3, -0.25) is 0 Å². The maximum atomic E-state index is 10.8. The van der Waals surface area contributed by atoms with Crippen LogP contribution in [0.3, 0.4) is 0 Å². The van der Waals surface area contributed by atoms with Gasteiger partial charge in [0.2, 0.25) is 0 Å². The number of carbonyl (C=O) groups is 1. The number of ether oxygens (including phenoxy) is 2. The van der Waals surface area contributed by atoms with Crippen molar-refractivity contribution in [3.63, 3.8) is 0 Å². The van der Waals surface area contributed by atoms with Crippen LogP contribution in [0, 0.1) is 0 Å². The van der Waals surface area contributed by atoms with Gasteiger partial charge in [-0.05, 0) is 12.1 Å². The minimum absolute atomic E-state index is 0.100. The second kappa shape index (κ2) is 6.98. The van der Waals surface area contributed by atoms with Crippen LogP contribution in [0.25, 0.3) is 11.6 Å². The summed E-state index contributed by atoms with van der Waals surface area (Å²) in [6.45, 7) is 0.100. The van der Waals surface area contributed by atoms with Crippen LogP contribution in [-0.2, 0) is 9.53 Å². The lowest BCUT2D eigenvalue weighted by Crippen LogP contribution is -2.05. The number of benzene rings is 1. The Bertz CT molecular complexity index is 463. The smallest absolute Gasteiger partial charge is 0.413 e. The molecule has 1 aromatic rings. The second-order valence-electron chi connectivity index (χ2n) is 3.02. The molecule has 1 aromatic carbocycles. The Hall–Kier alpha value is -2.39. The Balaban J connectivity index is 2.53. The first-order valence-corrected chi connectivity index (χ1v) is 4.91. The highest BCUT2D eigenvalue weighted by atomic mass is 16.5. The van der Waals surface area contributed by atoms with Crippen molar-refractivity contribution in [2.24, 2.45) is 0 Å². The Morgan fingerprint density at radius 3 is 2.94 bits per heavy atom. The number of rotatable bonds is 5. The zero-order valence-corrected chi connectivity index (χ0v) is 9.37. The molecule has 0 radical (unpaired) electrons. The predicted molar refractivity (Wildman–Crippen MR) is 62.7 cm³/mol. The summed E-state index contributed by atoms with van der Waals surface area (Å²) in [4.78, 5) is 13.3. The molecule has 0 unspecified atom stereocenters. The molecule has 0 saturated heterocycles. The number of hydrogen-bond acceptors (Lipinski definition) is 3. The highest BCUT2D eigenvalue weighted by molar-refractivity contribution is 6.20. The molecular formula is C12H12N2O3. The minimum atomic E-state index is -0.697. The van der Waals surface area contributed by atoms with Gasteiger partial charge >= 0.3 is 12.2 Å². The SMILES string of the molecule is COc1ccccc1/C=C/COC(=O)C=[N+]=[N-]. The van der Waals surface area contributed by atoms with E-state index < -0.39 is 5.97 Å². The van der Waals surface area contributed by atoms with E-state index in [-0.39, 0.29) is 6.61 Å². The average Bonchev–Trinajstić information content (AvgIpc) is 2.35. The van der Waals surface area contributed by atoms with Crippen LogP contribution in [0.15, 0.2) is 30.3 Å². The first-order valence-electron chi connectivity index (χ1n) is 4.91. The van der Waals surface area contributed by atoms with Crippen molar-refractivity contribution in [3.05, 3.63) is 41.4 Å². The van der Waals surface area contributed by atoms with Crippen LogP contribution in [0.1, 0.15) is 5.56 Å². The summed E-state index contributed by atoms with van der Waals surface area (Å²) in [5.74, 6) is 0.0455. The average molecular weight is 232 g/mol. The maximum Gasteiger partial charge on any atom is 0.413 e. The van der Waals surface area contributed by atoms with Crippen LogP contribution in [0.5, 0.6) is 5.75 Å². The molecule has 5 heteroatoms. The van der Waals surface area contributed by atoms with Gasteiger partial charge in [0.25, 0.3) is 0 Å². The van der Waals surface area contributed by atoms with Crippen LogP contribution in [0.2, 0.25) is 0 Å². The van der Waals surface area contributed by atoms with E-state index in [9.17, 15) is 4.79 Å². The molecule has 0 N–H and O–H groups in total. The number of para-hydroxylation sites is 1. The van der Waals surface area contributed by atoms with Crippen molar-refractivity contribution in [1.82, 2.24) is 0 Å². The fourth-order valence-electron chi connectivity index (χ4n) is 1.19. The van der Waals surface area contributed by atoms with Crippen molar-refractivity contribution < 1.29 is 19.1 Å². The topological polar surface area (TPSA) is 71.9 Å². The predicted octanol–water partition coefficient (Wildman–Crippen LogP) is 1.55. The summed E-state index contributed by atoms with van der Waals surface area (Å²) in [5.41, 5.74) is 8.96. The Labute approximate surface area is 98.9 Å². The lowest BCUT2D eigenvalue weighted by atomic mass is 10.2. The summed E-state index contributed by atoms with van der Waals surface area (Å²) >= 11 is 0. The Morgan fingerprint density at radius 1 is 1.47 bits per heavy atom. The summed E-state index contributed by atoms with van der Waals surface area (Å²) in [6.07, 6.45) is 4.14. The van der Waals surface area contributed by atoms with Crippen LogP contribution in [-0.4, -0.2) is 30.7 Å². The third-order valence-corrected chi connectivity index (χ3v) is 1.92. The third kappa shape index (κ3) is 4.32. The van der Waals surface area contributed by atoms with Gasteiger partial charge in [-0.1, -0.05) is 24.3 Å². The Morgan fingerprint density at radius 2 is 2.24 bits per heavy atom. The zero-order chi connectivity index (χ0) is 12.5. The molecule has 0 aliphatic rings. The van der Waals surface area contributed by atoms with E-state index in [2.05, 4.69) is 4.79 Å². The van der Waals surface area contributed by atoms with E-state index in [1.807, 2.05) is 24.3 Å². The first kappa shape index (κ1) is 12.7. The van der Waals surface area contributed by atoms with E-state index in [4.69, 9.17) is 15.0 Å². The van der Waals surface area contributed by atoms with Crippen molar-refractivity contribution in [2.75, 3.05) is 13.7 Å². The fourth-order valence-corrected chi connectivity index (χ4v) is 1.19. The lowest BCUT2D eigenvalue weighted by Gasteiger charge is -2.03. The zero-order valence-electron chi connectivity index (χ0n) is 9.37. The van der Waals surface area contributed by atoms with Crippen molar-refractivity contribution in [3.8, 4) is 5.75 Å². The van der Waals surface area contributed by atoms with Gasteiger partial charge in [0.05, 0.1) is 7.11 Å². The molecule has 0 fully saturated rings. The van der Waals surface area contributed by atoms with E-state index in [1.165, 1.54) is 0 Å². The molecule has 0 aliphatic carbocycles. The molecule has 0 bridgehead atoms. The van der Waals surface area contributed by atoms with Crippen molar-refractivity contribution >= 4 is 18.3 Å². The van der Waals surface area contributed by atoms with E-state index in [1.54, 1.807) is 19.3 Å². The van der Waals surface area contributed by atoms with Gasteiger partial charge in [-0.2, -0.15) is 4.79 Å². The number of nitrogens with zero attached hydrogens (tertiary/aromatic N) is 2. The van der Waals surface area contributed by atoms with Gasteiger partial charge in [0.15, 0.2) is 0 Å². The molecule has 0 amide bonds. The van der Waals surface area contributed by atoms with Crippen LogP contribution >= 0.6 is 0 Å². The largest absolute Gasteiger partial charge is 0.496 e. The molecular weight excluding hydrogens is 220 g/mol. The first-order chi connectivity index (χ1) is 8.27. The van der Waals surface area contributed by atoms with Gasteiger partial charge in [0, 0.05) is 5.56 Å². The van der Waals surface area contributed by atoms with E-state index >= 15 is 0 Å². The van der Waals surface area contributed by atoms with Gasteiger partial charge in [-0.25, -0.2) is 4.79 Å². The van der Waals surface area contributed by atoms with Crippen LogP contribution < -0.4 is 4.74 Å². The summed E-state index contributed by atoms with van der Waals surface area (Å²) in [5, 5.41) is 0. The molecule has 0 heterocycles. The number of hydrogen-bond donors (Lipinski definition) is 0. The standard InChI is InChI=1S/C12H12N2O3/c1-16-11-7-3-2-5-10(11)6-4-8-17-12(15)9-14-13/h2-7,9H,8H2,1H3/b6-4+. The van der Waals surface area contributed by atoms with Crippen LogP contribution in [0.4, 0.5) is 0 Å². The Kier molecular flexibility index (Phi) is 5.20. The van der Waals surface area contributed by atoms with E-state index in [0.29, 0.717) is 6.21 Å². The summed E-state index contributed by atoms with van der Waals surface area (Å²) in [6, 6.07) is 7.47. The van der Waals surface area contributed by atoms with Gasteiger partial charge in [0.1, 0.15) is 12.4 Å². The number of esters is 1. The highest BCUT2D eigenvalue weighted by Gasteiger charge is 2.00. The molecule has 17 heavy (non-hydrogen) atoms. The molecule has 0 saturated carbocycles.